The van der Waals surface area contributed by atoms with Crippen molar-refractivity contribution in [3.05, 3.63) is 164 Å². The Morgan fingerprint density at radius 2 is 0.830 bits per heavy atom. The van der Waals surface area contributed by atoms with Gasteiger partial charge in [-0.15, -0.1) is 0 Å². The van der Waals surface area contributed by atoms with E-state index in [9.17, 15) is 0 Å². The van der Waals surface area contributed by atoms with Crippen LogP contribution in [0.5, 0.6) is 0 Å². The molecule has 2 heterocycles. The Morgan fingerprint density at radius 3 is 1.57 bits per heavy atom. The van der Waals surface area contributed by atoms with Crippen LogP contribution in [-0.2, 0) is 0 Å². The van der Waals surface area contributed by atoms with Gasteiger partial charge in [-0.05, 0) is 51.2 Å². The molecule has 0 radical (unpaired) electrons. The lowest BCUT2D eigenvalue weighted by Gasteiger charge is -2.10. The first-order valence-electron chi connectivity index (χ1n) is 15.7. The van der Waals surface area contributed by atoms with Crippen LogP contribution in [0, 0.1) is 0 Å². The molecular formula is C43H27N3O. The molecule has 0 N–H and O–H groups in total. The van der Waals surface area contributed by atoms with Gasteiger partial charge in [-0.2, -0.15) is 0 Å². The second-order valence-corrected chi connectivity index (χ2v) is 11.7. The lowest BCUT2D eigenvalue weighted by atomic mass is 9.97. The van der Waals surface area contributed by atoms with Gasteiger partial charge in [0.15, 0.2) is 17.5 Å². The van der Waals surface area contributed by atoms with Crippen LogP contribution >= 0.6 is 0 Å². The summed E-state index contributed by atoms with van der Waals surface area (Å²) >= 11 is 0. The van der Waals surface area contributed by atoms with E-state index in [1.165, 1.54) is 21.9 Å². The minimum atomic E-state index is 0.595. The largest absolute Gasteiger partial charge is 0.456 e. The van der Waals surface area contributed by atoms with Gasteiger partial charge in [-0.3, -0.25) is 0 Å². The van der Waals surface area contributed by atoms with Gasteiger partial charge < -0.3 is 4.42 Å². The van der Waals surface area contributed by atoms with Crippen molar-refractivity contribution in [1.82, 2.24) is 15.0 Å². The van der Waals surface area contributed by atoms with Gasteiger partial charge in [0, 0.05) is 27.5 Å². The van der Waals surface area contributed by atoms with E-state index in [0.29, 0.717) is 17.5 Å². The molecule has 0 aliphatic heterocycles. The van der Waals surface area contributed by atoms with Crippen molar-refractivity contribution in [2.75, 3.05) is 0 Å². The number of nitrogens with zero attached hydrogens (tertiary/aromatic N) is 3. The third kappa shape index (κ3) is 4.93. The summed E-state index contributed by atoms with van der Waals surface area (Å²) in [4.78, 5) is 15.0. The molecule has 0 saturated carbocycles. The molecule has 0 bridgehead atoms. The van der Waals surface area contributed by atoms with E-state index < -0.39 is 0 Å². The minimum absolute atomic E-state index is 0.595. The van der Waals surface area contributed by atoms with Crippen LogP contribution < -0.4 is 0 Å². The molecule has 0 aliphatic rings. The number of benzene rings is 7. The van der Waals surface area contributed by atoms with E-state index in [1.807, 2.05) is 30.3 Å². The van der Waals surface area contributed by atoms with Crippen LogP contribution in [0.15, 0.2) is 168 Å². The van der Waals surface area contributed by atoms with Gasteiger partial charge >= 0.3 is 0 Å². The number of hydrogen-bond acceptors (Lipinski definition) is 4. The van der Waals surface area contributed by atoms with Gasteiger partial charge in [0.1, 0.15) is 11.2 Å². The molecule has 0 atom stereocenters. The highest BCUT2D eigenvalue weighted by Gasteiger charge is 2.15. The molecule has 7 aromatic carbocycles. The zero-order valence-corrected chi connectivity index (χ0v) is 25.3. The van der Waals surface area contributed by atoms with Crippen LogP contribution in [0.4, 0.5) is 0 Å². The maximum absolute atomic E-state index is 6.21. The Bertz CT molecular complexity index is 2550. The molecule has 0 fully saturated rings. The molecule has 0 unspecified atom stereocenters. The molecule has 47 heavy (non-hydrogen) atoms. The SMILES string of the molecule is c1ccc(-c2ccc(-c3nc(-c4ccc(-c5cccc6ccccc56)cc4)nc(-c4ccc5c(c4)oc4ccccc45)n3)cc2)cc1. The molecule has 4 nitrogen and oxygen atoms in total. The van der Waals surface area contributed by atoms with Crippen LogP contribution in [0.25, 0.3) is 89.1 Å². The first-order valence-corrected chi connectivity index (χ1v) is 15.7. The summed E-state index contributed by atoms with van der Waals surface area (Å²) in [5, 5.41) is 4.61. The normalized spacial score (nSPS) is 11.4. The van der Waals surface area contributed by atoms with Gasteiger partial charge in [0.25, 0.3) is 0 Å². The van der Waals surface area contributed by atoms with Gasteiger partial charge in [-0.25, -0.2) is 15.0 Å². The first kappa shape index (κ1) is 27.0. The molecule has 0 spiro atoms. The van der Waals surface area contributed by atoms with Gasteiger partial charge in [0.2, 0.25) is 0 Å². The fourth-order valence-corrected chi connectivity index (χ4v) is 6.35. The molecular weight excluding hydrogens is 574 g/mol. The van der Waals surface area contributed by atoms with Crippen molar-refractivity contribution >= 4 is 32.7 Å². The molecule has 9 rings (SSSR count). The molecule has 4 heteroatoms. The lowest BCUT2D eigenvalue weighted by molar-refractivity contribution is 0.669. The fourth-order valence-electron chi connectivity index (χ4n) is 6.35. The van der Waals surface area contributed by atoms with E-state index in [1.54, 1.807) is 0 Å². The second-order valence-electron chi connectivity index (χ2n) is 11.7. The predicted molar refractivity (Wildman–Crippen MR) is 192 cm³/mol. The average Bonchev–Trinajstić information content (AvgIpc) is 3.53. The van der Waals surface area contributed by atoms with E-state index in [-0.39, 0.29) is 0 Å². The number of aromatic nitrogens is 3. The van der Waals surface area contributed by atoms with Crippen molar-refractivity contribution < 1.29 is 4.42 Å². The standard InChI is InChI=1S/C43H27N3O/c1-2-9-28(10-3-1)29-17-21-32(22-18-29)41-44-42(33-23-19-31(20-24-33)36-15-8-12-30-11-4-5-13-35(30)36)46-43(45-41)34-25-26-38-37-14-6-7-16-39(37)47-40(38)27-34/h1-27H. The van der Waals surface area contributed by atoms with E-state index in [2.05, 4.69) is 133 Å². The summed E-state index contributed by atoms with van der Waals surface area (Å²) in [7, 11) is 0. The first-order chi connectivity index (χ1) is 23.3. The monoisotopic (exact) mass is 601 g/mol. The number of hydrogen-bond donors (Lipinski definition) is 0. The Morgan fingerprint density at radius 1 is 0.319 bits per heavy atom. The zero-order valence-electron chi connectivity index (χ0n) is 25.3. The minimum Gasteiger partial charge on any atom is -0.456 e. The molecule has 2 aromatic heterocycles. The van der Waals surface area contributed by atoms with Crippen molar-refractivity contribution in [3.8, 4) is 56.4 Å². The van der Waals surface area contributed by atoms with Crippen molar-refractivity contribution in [2.45, 2.75) is 0 Å². The maximum Gasteiger partial charge on any atom is 0.164 e. The van der Waals surface area contributed by atoms with Crippen LogP contribution in [0.3, 0.4) is 0 Å². The highest BCUT2D eigenvalue weighted by molar-refractivity contribution is 6.05. The third-order valence-electron chi connectivity index (χ3n) is 8.77. The van der Waals surface area contributed by atoms with E-state index >= 15 is 0 Å². The summed E-state index contributed by atoms with van der Waals surface area (Å²) < 4.78 is 6.21. The molecule has 220 valence electrons. The summed E-state index contributed by atoms with van der Waals surface area (Å²) in [5.74, 6) is 1.83. The fraction of sp³-hybridized carbons (Fsp3) is 0. The third-order valence-corrected chi connectivity index (χ3v) is 8.77. The highest BCUT2D eigenvalue weighted by Crippen LogP contribution is 2.34. The Hall–Kier alpha value is -6.39. The molecule has 0 amide bonds. The lowest BCUT2D eigenvalue weighted by Crippen LogP contribution is -2.00. The van der Waals surface area contributed by atoms with Crippen molar-refractivity contribution in [1.29, 1.82) is 0 Å². The number of fused-ring (bicyclic) bond motifs is 4. The van der Waals surface area contributed by atoms with Crippen LogP contribution in [-0.4, -0.2) is 15.0 Å². The summed E-state index contributed by atoms with van der Waals surface area (Å²) in [5.41, 5.74) is 9.03. The number of furan rings is 1. The highest BCUT2D eigenvalue weighted by atomic mass is 16.3. The maximum atomic E-state index is 6.21. The predicted octanol–water partition coefficient (Wildman–Crippen LogP) is 11.3. The summed E-state index contributed by atoms with van der Waals surface area (Å²) in [6.45, 7) is 0. The number of para-hydroxylation sites is 1. The van der Waals surface area contributed by atoms with Crippen molar-refractivity contribution in [3.63, 3.8) is 0 Å². The van der Waals surface area contributed by atoms with E-state index in [4.69, 9.17) is 19.4 Å². The molecule has 9 aromatic rings. The average molecular weight is 602 g/mol. The van der Waals surface area contributed by atoms with Gasteiger partial charge in [-0.1, -0.05) is 146 Å². The van der Waals surface area contributed by atoms with Gasteiger partial charge in [0.05, 0.1) is 0 Å². The zero-order chi connectivity index (χ0) is 31.2. The topological polar surface area (TPSA) is 51.8 Å². The molecule has 0 saturated heterocycles. The summed E-state index contributed by atoms with van der Waals surface area (Å²) in [6.07, 6.45) is 0. The quantitative estimate of drug-likeness (QED) is 0.197. The van der Waals surface area contributed by atoms with Crippen LogP contribution in [0.2, 0.25) is 0 Å². The summed E-state index contributed by atoms with van der Waals surface area (Å²) in [6, 6.07) is 56.5. The Labute approximate surface area is 271 Å². The second kappa shape index (κ2) is 11.2. The van der Waals surface area contributed by atoms with E-state index in [0.717, 1.165) is 49.8 Å². The van der Waals surface area contributed by atoms with Crippen LogP contribution in [0.1, 0.15) is 0 Å². The molecule has 0 aliphatic carbocycles. The Balaban J connectivity index is 1.16. The smallest absolute Gasteiger partial charge is 0.164 e. The Kier molecular flexibility index (Phi) is 6.43. The van der Waals surface area contributed by atoms with Crippen molar-refractivity contribution in [2.24, 2.45) is 0 Å². The number of rotatable bonds is 5.